The van der Waals surface area contributed by atoms with Crippen LogP contribution in [-0.4, -0.2) is 0 Å². The largest absolute Gasteiger partial charge is 0.456 e. The van der Waals surface area contributed by atoms with Gasteiger partial charge < -0.3 is 13.7 Å². The molecule has 10 aromatic rings. The quantitative estimate of drug-likeness (QED) is 0.181. The minimum absolute atomic E-state index is 0.352. The van der Waals surface area contributed by atoms with E-state index in [1.54, 1.807) is 0 Å². The number of fused-ring (bicyclic) bond motifs is 9. The normalized spacial score (nSPS) is 13.2. The summed E-state index contributed by atoms with van der Waals surface area (Å²) in [7, 11) is 0. The van der Waals surface area contributed by atoms with Gasteiger partial charge in [0, 0.05) is 44.0 Å². The van der Waals surface area contributed by atoms with E-state index in [0.717, 1.165) is 72.1 Å². The molecule has 53 heavy (non-hydrogen) atoms. The maximum atomic E-state index is 6.66. The van der Waals surface area contributed by atoms with Gasteiger partial charge in [0.05, 0.1) is 0 Å². The van der Waals surface area contributed by atoms with Crippen molar-refractivity contribution in [2.24, 2.45) is 0 Å². The average molecular weight is 680 g/mol. The van der Waals surface area contributed by atoms with E-state index in [1.807, 2.05) is 18.2 Å². The molecule has 0 amide bonds. The molecule has 3 nitrogen and oxygen atoms in total. The Kier molecular flexibility index (Phi) is 6.38. The first kappa shape index (κ1) is 29.8. The molecular formula is C50H33NO2. The number of benzene rings is 8. The van der Waals surface area contributed by atoms with Crippen molar-refractivity contribution in [2.75, 3.05) is 4.90 Å². The number of furan rings is 2. The van der Waals surface area contributed by atoms with Gasteiger partial charge in [-0.1, -0.05) is 115 Å². The summed E-state index contributed by atoms with van der Waals surface area (Å²) in [6.45, 7) is 2.37. The van der Waals surface area contributed by atoms with Crippen LogP contribution in [0.1, 0.15) is 23.6 Å². The van der Waals surface area contributed by atoms with Crippen LogP contribution in [0.15, 0.2) is 191 Å². The highest BCUT2D eigenvalue weighted by Crippen LogP contribution is 2.54. The summed E-state index contributed by atoms with van der Waals surface area (Å²) in [6, 6.07) is 65.0. The molecule has 8 aromatic carbocycles. The summed E-state index contributed by atoms with van der Waals surface area (Å²) in [6.07, 6.45) is 0. The molecule has 0 saturated carbocycles. The van der Waals surface area contributed by atoms with Crippen molar-refractivity contribution in [3.63, 3.8) is 0 Å². The number of para-hydroxylation sites is 3. The molecule has 250 valence electrons. The van der Waals surface area contributed by atoms with E-state index in [9.17, 15) is 0 Å². The van der Waals surface area contributed by atoms with E-state index >= 15 is 0 Å². The van der Waals surface area contributed by atoms with E-state index in [0.29, 0.717) is 0 Å². The van der Waals surface area contributed by atoms with Crippen molar-refractivity contribution in [1.82, 2.24) is 0 Å². The fraction of sp³-hybridized carbons (Fsp3) is 0.0400. The smallest absolute Gasteiger partial charge is 0.136 e. The summed E-state index contributed by atoms with van der Waals surface area (Å²) in [5.74, 6) is 0. The minimum Gasteiger partial charge on any atom is -0.456 e. The van der Waals surface area contributed by atoms with E-state index < -0.39 is 0 Å². The predicted octanol–water partition coefficient (Wildman–Crippen LogP) is 14.0. The molecule has 0 unspecified atom stereocenters. The molecular weight excluding hydrogens is 647 g/mol. The predicted molar refractivity (Wildman–Crippen MR) is 219 cm³/mol. The summed E-state index contributed by atoms with van der Waals surface area (Å²) >= 11 is 0. The van der Waals surface area contributed by atoms with E-state index in [4.69, 9.17) is 8.83 Å². The van der Waals surface area contributed by atoms with E-state index in [1.165, 1.54) is 27.8 Å². The maximum Gasteiger partial charge on any atom is 0.136 e. The molecule has 0 radical (unpaired) electrons. The fourth-order valence-electron chi connectivity index (χ4n) is 8.80. The second-order valence-electron chi connectivity index (χ2n) is 14.2. The van der Waals surface area contributed by atoms with Gasteiger partial charge in [0.2, 0.25) is 0 Å². The molecule has 0 bridgehead atoms. The van der Waals surface area contributed by atoms with E-state index in [-0.39, 0.29) is 5.41 Å². The lowest BCUT2D eigenvalue weighted by atomic mass is 9.73. The first-order chi connectivity index (χ1) is 26.1. The summed E-state index contributed by atoms with van der Waals surface area (Å²) in [5, 5.41) is 4.48. The highest BCUT2D eigenvalue weighted by molar-refractivity contribution is 6.13. The summed E-state index contributed by atoms with van der Waals surface area (Å²) < 4.78 is 12.8. The van der Waals surface area contributed by atoms with Gasteiger partial charge in [-0.05, 0) is 113 Å². The number of hydrogen-bond acceptors (Lipinski definition) is 3. The fourth-order valence-corrected chi connectivity index (χ4v) is 8.80. The molecule has 2 aromatic heterocycles. The third-order valence-electron chi connectivity index (χ3n) is 11.3. The van der Waals surface area contributed by atoms with Gasteiger partial charge in [-0.2, -0.15) is 0 Å². The molecule has 3 heteroatoms. The van der Waals surface area contributed by atoms with Crippen LogP contribution >= 0.6 is 0 Å². The summed E-state index contributed by atoms with van der Waals surface area (Å²) in [5.41, 5.74) is 15.2. The summed E-state index contributed by atoms with van der Waals surface area (Å²) in [4.78, 5) is 2.32. The van der Waals surface area contributed by atoms with Gasteiger partial charge in [-0.25, -0.2) is 0 Å². The standard InChI is InChI=1S/C50H33NO2/c1-50(43-19-9-5-15-37(43)38-16-6-10-20-44(38)50)33-29-41(49-40-18-8-12-22-46(40)53-48(49)30-33)32-23-25-35(26-24-32)51(34-13-3-2-4-14-34)36-27-28-47-42(31-36)39-17-7-11-21-45(39)52-47/h2-31H,1H3. The van der Waals surface area contributed by atoms with Crippen LogP contribution in [-0.2, 0) is 5.41 Å². The Hall–Kier alpha value is -6.84. The Labute approximate surface area is 307 Å². The lowest BCUT2D eigenvalue weighted by Gasteiger charge is -2.29. The van der Waals surface area contributed by atoms with Crippen molar-refractivity contribution in [1.29, 1.82) is 0 Å². The van der Waals surface area contributed by atoms with Gasteiger partial charge in [-0.3, -0.25) is 0 Å². The zero-order chi connectivity index (χ0) is 35.1. The van der Waals surface area contributed by atoms with Gasteiger partial charge in [0.25, 0.3) is 0 Å². The number of hydrogen-bond donors (Lipinski definition) is 0. The lowest BCUT2D eigenvalue weighted by molar-refractivity contribution is 0.662. The molecule has 0 aliphatic heterocycles. The van der Waals surface area contributed by atoms with Gasteiger partial charge in [-0.15, -0.1) is 0 Å². The number of nitrogens with zero attached hydrogens (tertiary/aromatic N) is 1. The van der Waals surface area contributed by atoms with Crippen LogP contribution in [0.4, 0.5) is 17.1 Å². The van der Waals surface area contributed by atoms with Crippen molar-refractivity contribution in [2.45, 2.75) is 12.3 Å². The van der Waals surface area contributed by atoms with E-state index in [2.05, 4.69) is 176 Å². The Morgan fingerprint density at radius 2 is 0.943 bits per heavy atom. The van der Waals surface area contributed by atoms with Crippen LogP contribution < -0.4 is 4.90 Å². The third kappa shape index (κ3) is 4.41. The van der Waals surface area contributed by atoms with Gasteiger partial charge in [0.15, 0.2) is 0 Å². The number of rotatable bonds is 5. The number of anilines is 3. The Balaban J connectivity index is 1.10. The van der Waals surface area contributed by atoms with Crippen LogP contribution in [0.25, 0.3) is 66.1 Å². The topological polar surface area (TPSA) is 29.5 Å². The van der Waals surface area contributed by atoms with Crippen LogP contribution in [0, 0.1) is 0 Å². The van der Waals surface area contributed by atoms with Gasteiger partial charge in [0.1, 0.15) is 22.3 Å². The molecule has 0 fully saturated rings. The Morgan fingerprint density at radius 1 is 0.396 bits per heavy atom. The maximum absolute atomic E-state index is 6.66. The first-order valence-corrected chi connectivity index (χ1v) is 18.2. The Morgan fingerprint density at radius 3 is 1.68 bits per heavy atom. The SMILES string of the molecule is CC1(c2cc(-c3ccc(N(c4ccccc4)c4ccc5oc6ccccc6c5c4)cc3)c3c(c2)oc2ccccc23)c2ccccc2-c2ccccc21. The second kappa shape index (κ2) is 11.3. The monoisotopic (exact) mass is 679 g/mol. The van der Waals surface area contributed by atoms with Crippen LogP contribution in [0.3, 0.4) is 0 Å². The highest BCUT2D eigenvalue weighted by atomic mass is 16.3. The third-order valence-corrected chi connectivity index (χ3v) is 11.3. The minimum atomic E-state index is -0.352. The molecule has 11 rings (SSSR count). The lowest BCUT2D eigenvalue weighted by Crippen LogP contribution is -2.22. The molecule has 0 spiro atoms. The molecule has 1 aliphatic carbocycles. The van der Waals surface area contributed by atoms with Crippen molar-refractivity contribution in [3.05, 3.63) is 199 Å². The van der Waals surface area contributed by atoms with Crippen molar-refractivity contribution >= 4 is 60.9 Å². The zero-order valence-electron chi connectivity index (χ0n) is 29.1. The highest BCUT2D eigenvalue weighted by Gasteiger charge is 2.41. The van der Waals surface area contributed by atoms with Crippen LogP contribution in [0.2, 0.25) is 0 Å². The zero-order valence-corrected chi connectivity index (χ0v) is 29.1. The molecule has 0 saturated heterocycles. The average Bonchev–Trinajstić information content (AvgIpc) is 3.87. The second-order valence-corrected chi connectivity index (χ2v) is 14.2. The van der Waals surface area contributed by atoms with Crippen LogP contribution in [0.5, 0.6) is 0 Å². The first-order valence-electron chi connectivity index (χ1n) is 18.2. The Bertz CT molecular complexity index is 2980. The molecule has 2 heterocycles. The van der Waals surface area contributed by atoms with Crippen molar-refractivity contribution in [3.8, 4) is 22.3 Å². The molecule has 0 N–H and O–H groups in total. The van der Waals surface area contributed by atoms with Crippen molar-refractivity contribution < 1.29 is 8.83 Å². The molecule has 1 aliphatic rings. The van der Waals surface area contributed by atoms with Gasteiger partial charge >= 0.3 is 0 Å². The molecule has 0 atom stereocenters.